The molecule has 1 aliphatic heterocycles. The van der Waals surface area contributed by atoms with Crippen LogP contribution in [0.1, 0.15) is 36.2 Å². The molecule has 1 N–H and O–H groups in total. The first-order valence-electron chi connectivity index (χ1n) is 8.79. The topological polar surface area (TPSA) is 38.3 Å². The molecule has 0 bridgehead atoms. The second-order valence-corrected chi connectivity index (χ2v) is 6.13. The molecule has 4 heteroatoms. The fraction of sp³-hybridized carbons (Fsp3) is 0.286. The van der Waals surface area contributed by atoms with Gasteiger partial charge in [-0.15, -0.1) is 0 Å². The molecule has 2 aromatic carbocycles. The molecule has 0 aromatic heterocycles. The van der Waals surface area contributed by atoms with Gasteiger partial charge in [-0.25, -0.2) is 4.39 Å². The molecule has 1 heterocycles. The van der Waals surface area contributed by atoms with E-state index in [1.54, 1.807) is 42.5 Å². The number of nitrogens with one attached hydrogen (secondary N) is 1. The van der Waals surface area contributed by atoms with Crippen molar-refractivity contribution in [2.45, 2.75) is 13.3 Å². The van der Waals surface area contributed by atoms with Gasteiger partial charge in [0.1, 0.15) is 5.82 Å². The largest absolute Gasteiger partial charge is 0.380 e. The van der Waals surface area contributed by atoms with Crippen LogP contribution in [-0.4, -0.2) is 25.6 Å². The molecule has 3 nitrogen and oxygen atoms in total. The minimum absolute atomic E-state index is 0.291. The van der Waals surface area contributed by atoms with Crippen LogP contribution in [0, 0.1) is 23.1 Å². The Hall–Kier alpha value is -2.64. The average molecular weight is 338 g/mol. The van der Waals surface area contributed by atoms with Crippen LogP contribution in [0.2, 0.25) is 0 Å². The molecular formula is C21H20FNO2. The van der Waals surface area contributed by atoms with Gasteiger partial charge in [0.2, 0.25) is 0 Å². The number of carbonyl (C=O) groups excluding carboxylic acids is 1. The van der Waals surface area contributed by atoms with Crippen molar-refractivity contribution in [2.75, 3.05) is 19.7 Å². The highest BCUT2D eigenvalue weighted by Gasteiger charge is 2.36. The first-order chi connectivity index (χ1) is 12.5. The molecule has 1 aliphatic rings. The van der Waals surface area contributed by atoms with E-state index < -0.39 is 6.52 Å². The van der Waals surface area contributed by atoms with Gasteiger partial charge in [0.25, 0.3) is 5.91 Å². The van der Waals surface area contributed by atoms with Crippen LogP contribution in [0.5, 0.6) is 0 Å². The lowest BCUT2D eigenvalue weighted by Crippen LogP contribution is -2.50. The number of benzene rings is 2. The van der Waals surface area contributed by atoms with Crippen LogP contribution in [0.4, 0.5) is 4.39 Å². The van der Waals surface area contributed by atoms with E-state index in [0.29, 0.717) is 29.9 Å². The molecule has 1 atom stereocenters. The van der Waals surface area contributed by atoms with Crippen LogP contribution in [0.15, 0.2) is 48.5 Å². The average Bonchev–Trinajstić information content (AvgIpc) is 2.61. The van der Waals surface area contributed by atoms with Crippen molar-refractivity contribution in [3.8, 4) is 11.8 Å². The van der Waals surface area contributed by atoms with Gasteiger partial charge in [-0.1, -0.05) is 30.9 Å². The Labute approximate surface area is 148 Å². The summed E-state index contributed by atoms with van der Waals surface area (Å²) in [5.74, 6) is 5.02. The Morgan fingerprint density at radius 3 is 2.56 bits per heavy atom. The Morgan fingerprint density at radius 1 is 1.24 bits per heavy atom. The molecule has 0 saturated carbocycles. The van der Waals surface area contributed by atoms with Crippen LogP contribution in [0.25, 0.3) is 0 Å². The number of ether oxygens (including phenoxy) is 1. The molecule has 0 spiro atoms. The number of halogens is 1. The van der Waals surface area contributed by atoms with Crippen molar-refractivity contribution in [2.24, 2.45) is 5.41 Å². The predicted molar refractivity (Wildman–Crippen MR) is 94.7 cm³/mol. The molecule has 25 heavy (non-hydrogen) atoms. The summed E-state index contributed by atoms with van der Waals surface area (Å²) >= 11 is 0. The molecule has 1 saturated heterocycles. The first kappa shape index (κ1) is 15.9. The standard InChI is InChI=1S/C21H20FNO2/c1-2-21(14-25-15-21)13-23-20(24)18-11-8-16(9-12-18)7-10-17-5-3-4-6-19(17)22/h3-6,8-9,11-12H,2,13-15H2,1H3,(H,23,24)/i13D. The van der Waals surface area contributed by atoms with Crippen molar-refractivity contribution in [3.63, 3.8) is 0 Å². The quantitative estimate of drug-likeness (QED) is 0.868. The van der Waals surface area contributed by atoms with E-state index in [9.17, 15) is 9.18 Å². The summed E-state index contributed by atoms with van der Waals surface area (Å²) in [7, 11) is 0. The van der Waals surface area contributed by atoms with E-state index in [2.05, 4.69) is 17.2 Å². The lowest BCUT2D eigenvalue weighted by atomic mass is 9.83. The normalized spacial score (nSPS) is 16.6. The van der Waals surface area contributed by atoms with Gasteiger partial charge in [-0.05, 0) is 42.8 Å². The summed E-state index contributed by atoms with van der Waals surface area (Å²) in [6.45, 7) is 2.30. The minimum atomic E-state index is -0.700. The zero-order valence-corrected chi connectivity index (χ0v) is 14.0. The van der Waals surface area contributed by atoms with Gasteiger partial charge in [0.15, 0.2) is 0 Å². The zero-order chi connectivity index (χ0) is 18.6. The molecule has 0 aliphatic carbocycles. The third-order valence-corrected chi connectivity index (χ3v) is 4.36. The predicted octanol–water partition coefficient (Wildman–Crippen LogP) is 3.38. The SMILES string of the molecule is [2H]C(NC(=O)c1ccc(C#Cc2ccccc2F)cc1)C1(CC)COC1. The number of hydrogen-bond donors (Lipinski definition) is 1. The fourth-order valence-corrected chi connectivity index (χ4v) is 2.46. The van der Waals surface area contributed by atoms with Crippen LogP contribution in [0.3, 0.4) is 0 Å². The lowest BCUT2D eigenvalue weighted by Gasteiger charge is -2.40. The van der Waals surface area contributed by atoms with E-state index in [4.69, 9.17) is 6.11 Å². The van der Waals surface area contributed by atoms with Crippen molar-refractivity contribution >= 4 is 5.91 Å². The highest BCUT2D eigenvalue weighted by Crippen LogP contribution is 2.30. The van der Waals surface area contributed by atoms with Crippen molar-refractivity contribution in [1.29, 1.82) is 0 Å². The maximum absolute atomic E-state index is 13.6. The molecule has 2 aromatic rings. The van der Waals surface area contributed by atoms with Gasteiger partial charge in [-0.2, -0.15) is 0 Å². The van der Waals surface area contributed by atoms with Gasteiger partial charge in [0, 0.05) is 24.4 Å². The molecule has 0 radical (unpaired) electrons. The maximum Gasteiger partial charge on any atom is 0.251 e. The van der Waals surface area contributed by atoms with E-state index >= 15 is 0 Å². The number of amides is 1. The Balaban J connectivity index is 1.66. The van der Waals surface area contributed by atoms with Crippen molar-refractivity contribution < 1.29 is 15.3 Å². The molecule has 128 valence electrons. The zero-order valence-electron chi connectivity index (χ0n) is 15.0. The number of hydrogen-bond acceptors (Lipinski definition) is 2. The summed E-state index contributed by atoms with van der Waals surface area (Å²) in [4.78, 5) is 12.3. The van der Waals surface area contributed by atoms with Gasteiger partial charge in [-0.3, -0.25) is 4.79 Å². The van der Waals surface area contributed by atoms with E-state index in [0.717, 1.165) is 6.42 Å². The summed E-state index contributed by atoms with van der Waals surface area (Å²) < 4.78 is 27.0. The molecule has 1 amide bonds. The Kier molecular flexibility index (Phi) is 4.76. The van der Waals surface area contributed by atoms with Crippen LogP contribution < -0.4 is 5.32 Å². The maximum atomic E-state index is 13.6. The van der Waals surface area contributed by atoms with Crippen LogP contribution in [-0.2, 0) is 4.74 Å². The van der Waals surface area contributed by atoms with Crippen molar-refractivity contribution in [1.82, 2.24) is 5.32 Å². The molecular weight excluding hydrogens is 317 g/mol. The third kappa shape index (κ3) is 4.07. The van der Waals surface area contributed by atoms with Gasteiger partial charge >= 0.3 is 0 Å². The molecule has 3 rings (SSSR count). The van der Waals surface area contributed by atoms with Gasteiger partial charge in [0.05, 0.1) is 18.8 Å². The first-order valence-corrected chi connectivity index (χ1v) is 8.21. The highest BCUT2D eigenvalue weighted by molar-refractivity contribution is 5.94. The van der Waals surface area contributed by atoms with Crippen LogP contribution >= 0.6 is 0 Å². The summed E-state index contributed by atoms with van der Waals surface area (Å²) in [6.07, 6.45) is 0.784. The Morgan fingerprint density at radius 2 is 1.96 bits per heavy atom. The number of carbonyl (C=O) groups is 1. The van der Waals surface area contributed by atoms with E-state index in [1.165, 1.54) is 6.07 Å². The highest BCUT2D eigenvalue weighted by atomic mass is 19.1. The second kappa shape index (κ2) is 7.50. The monoisotopic (exact) mass is 338 g/mol. The lowest BCUT2D eigenvalue weighted by molar-refractivity contribution is -0.111. The molecule has 1 unspecified atom stereocenters. The van der Waals surface area contributed by atoms with E-state index in [-0.39, 0.29) is 17.1 Å². The summed E-state index contributed by atoms with van der Waals surface area (Å²) in [6, 6.07) is 13.1. The minimum Gasteiger partial charge on any atom is -0.380 e. The second-order valence-electron chi connectivity index (χ2n) is 6.13. The van der Waals surface area contributed by atoms with E-state index in [1.807, 2.05) is 6.92 Å². The fourth-order valence-electron chi connectivity index (χ4n) is 2.46. The van der Waals surface area contributed by atoms with Crippen molar-refractivity contribution in [3.05, 3.63) is 71.0 Å². The smallest absolute Gasteiger partial charge is 0.251 e. The third-order valence-electron chi connectivity index (χ3n) is 4.36. The molecule has 1 fully saturated rings. The Bertz CT molecular complexity index is 845. The summed E-state index contributed by atoms with van der Waals surface area (Å²) in [5, 5.41) is 2.74. The van der Waals surface area contributed by atoms with Gasteiger partial charge < -0.3 is 10.1 Å². The summed E-state index contributed by atoms with van der Waals surface area (Å²) in [5.41, 5.74) is 1.19. The number of rotatable bonds is 4.